The molecule has 0 bridgehead atoms. The molecule has 2 aliphatic heterocycles. The van der Waals surface area contributed by atoms with Crippen LogP contribution in [0.15, 0.2) is 24.3 Å². The number of rotatable bonds is 3. The van der Waals surface area contributed by atoms with Crippen molar-refractivity contribution in [2.24, 2.45) is 17.3 Å². The summed E-state index contributed by atoms with van der Waals surface area (Å²) in [6.45, 7) is 6.53. The highest BCUT2D eigenvalue weighted by molar-refractivity contribution is 5.74. The molecule has 136 valence electrons. The topological polar surface area (TPSA) is 59.6 Å². The Morgan fingerprint density at radius 3 is 3.04 bits per heavy atom. The zero-order valence-corrected chi connectivity index (χ0v) is 15.1. The highest BCUT2D eigenvalue weighted by Crippen LogP contribution is 2.51. The summed E-state index contributed by atoms with van der Waals surface area (Å²) in [4.78, 5) is 12.4. The molecule has 4 rings (SSSR count). The molecule has 3 aliphatic rings. The van der Waals surface area contributed by atoms with Crippen LogP contribution in [0.4, 0.5) is 4.79 Å². The average molecular weight is 344 g/mol. The average Bonchev–Trinajstić information content (AvgIpc) is 2.64. The summed E-state index contributed by atoms with van der Waals surface area (Å²) in [5.41, 5.74) is 1.23. The number of fused-ring (bicyclic) bond motifs is 2. The number of urea groups is 1. The zero-order chi connectivity index (χ0) is 17.4. The first-order valence-electron chi connectivity index (χ1n) is 9.42. The van der Waals surface area contributed by atoms with Crippen molar-refractivity contribution in [2.45, 2.75) is 45.3 Å². The maximum Gasteiger partial charge on any atom is 0.315 e. The number of carbonyl (C=O) groups excluding carboxylic acids is 1. The van der Waals surface area contributed by atoms with Gasteiger partial charge in [0.15, 0.2) is 0 Å². The molecule has 2 N–H and O–H groups in total. The number of carbonyl (C=O) groups is 1. The van der Waals surface area contributed by atoms with Crippen LogP contribution in [0.3, 0.4) is 0 Å². The molecule has 5 heteroatoms. The van der Waals surface area contributed by atoms with Crippen LogP contribution in [0.2, 0.25) is 0 Å². The lowest BCUT2D eigenvalue weighted by Crippen LogP contribution is -2.70. The number of ether oxygens (including phenoxy) is 2. The molecule has 2 fully saturated rings. The largest absolute Gasteiger partial charge is 0.493 e. The summed E-state index contributed by atoms with van der Waals surface area (Å²) >= 11 is 0. The maximum atomic E-state index is 12.4. The molecule has 0 spiro atoms. The van der Waals surface area contributed by atoms with Gasteiger partial charge in [0.2, 0.25) is 0 Å². The summed E-state index contributed by atoms with van der Waals surface area (Å²) in [6, 6.07) is 8.26. The predicted molar refractivity (Wildman–Crippen MR) is 95.7 cm³/mol. The van der Waals surface area contributed by atoms with Crippen molar-refractivity contribution in [3.05, 3.63) is 29.8 Å². The molecule has 2 amide bonds. The van der Waals surface area contributed by atoms with Gasteiger partial charge in [-0.05, 0) is 30.9 Å². The normalized spacial score (nSPS) is 32.4. The van der Waals surface area contributed by atoms with E-state index in [0.717, 1.165) is 31.6 Å². The Labute approximate surface area is 149 Å². The monoisotopic (exact) mass is 344 g/mol. The lowest BCUT2D eigenvalue weighted by atomic mass is 9.55. The fraction of sp³-hybridized carbons (Fsp3) is 0.650. The van der Waals surface area contributed by atoms with Gasteiger partial charge in [0.05, 0.1) is 12.7 Å². The van der Waals surface area contributed by atoms with Gasteiger partial charge >= 0.3 is 6.03 Å². The minimum absolute atomic E-state index is 0.00924. The quantitative estimate of drug-likeness (QED) is 0.886. The van der Waals surface area contributed by atoms with E-state index in [1.54, 1.807) is 0 Å². The molecule has 25 heavy (non-hydrogen) atoms. The Balaban J connectivity index is 1.27. The van der Waals surface area contributed by atoms with Crippen molar-refractivity contribution < 1.29 is 14.3 Å². The Kier molecular flexibility index (Phi) is 4.36. The molecule has 1 aromatic rings. The predicted octanol–water partition coefficient (Wildman–Crippen LogP) is 2.74. The van der Waals surface area contributed by atoms with E-state index in [2.05, 4.69) is 30.5 Å². The van der Waals surface area contributed by atoms with Gasteiger partial charge in [-0.15, -0.1) is 0 Å². The van der Waals surface area contributed by atoms with Crippen molar-refractivity contribution in [3.8, 4) is 5.75 Å². The first-order chi connectivity index (χ1) is 12.1. The minimum Gasteiger partial charge on any atom is -0.493 e. The van der Waals surface area contributed by atoms with Crippen molar-refractivity contribution in [2.75, 3.05) is 19.8 Å². The zero-order valence-electron chi connectivity index (χ0n) is 15.1. The van der Waals surface area contributed by atoms with E-state index in [0.29, 0.717) is 25.0 Å². The minimum atomic E-state index is -0.0686. The summed E-state index contributed by atoms with van der Waals surface area (Å²) < 4.78 is 11.7. The van der Waals surface area contributed by atoms with Crippen LogP contribution in [0.25, 0.3) is 0 Å². The highest BCUT2D eigenvalue weighted by Gasteiger charge is 2.58. The molecule has 1 saturated carbocycles. The van der Waals surface area contributed by atoms with Crippen molar-refractivity contribution in [1.29, 1.82) is 0 Å². The van der Waals surface area contributed by atoms with Crippen molar-refractivity contribution in [1.82, 2.24) is 10.6 Å². The highest BCUT2D eigenvalue weighted by atomic mass is 16.5. The Morgan fingerprint density at radius 2 is 2.16 bits per heavy atom. The Hall–Kier alpha value is -1.75. The number of nitrogens with one attached hydrogen (secondary N) is 2. The van der Waals surface area contributed by atoms with Crippen molar-refractivity contribution >= 4 is 6.03 Å². The van der Waals surface area contributed by atoms with Gasteiger partial charge in [0.1, 0.15) is 5.75 Å². The second-order valence-corrected chi connectivity index (χ2v) is 8.24. The standard InChI is InChI=1S/C20H28N2O3/c1-20(2)17(15-7-5-9-24-18(15)20)22-19(23)21-11-13-10-14-6-3-4-8-16(14)25-12-13/h3-4,6,8,13,15,17-18H,5,7,9-12H2,1-2H3,(H2,21,22,23). The molecule has 2 heterocycles. The number of benzene rings is 1. The fourth-order valence-electron chi connectivity index (χ4n) is 4.77. The molecule has 4 unspecified atom stereocenters. The number of hydrogen-bond donors (Lipinski definition) is 2. The second-order valence-electron chi connectivity index (χ2n) is 8.24. The van der Waals surface area contributed by atoms with Gasteiger partial charge in [0.25, 0.3) is 0 Å². The van der Waals surface area contributed by atoms with E-state index < -0.39 is 0 Å². The van der Waals surface area contributed by atoms with Gasteiger partial charge in [-0.2, -0.15) is 0 Å². The third-order valence-corrected chi connectivity index (χ3v) is 6.12. The van der Waals surface area contributed by atoms with Gasteiger partial charge in [-0.3, -0.25) is 0 Å². The van der Waals surface area contributed by atoms with Crippen LogP contribution >= 0.6 is 0 Å². The Bertz CT molecular complexity index is 646. The van der Waals surface area contributed by atoms with Crippen LogP contribution in [0, 0.1) is 17.3 Å². The summed E-state index contributed by atoms with van der Waals surface area (Å²) in [6.07, 6.45) is 3.47. The van der Waals surface area contributed by atoms with Crippen LogP contribution < -0.4 is 15.4 Å². The van der Waals surface area contributed by atoms with Crippen LogP contribution in [-0.4, -0.2) is 37.9 Å². The van der Waals surface area contributed by atoms with E-state index >= 15 is 0 Å². The molecule has 0 aromatic heterocycles. The van der Waals surface area contributed by atoms with E-state index in [9.17, 15) is 4.79 Å². The van der Waals surface area contributed by atoms with Gasteiger partial charge in [0, 0.05) is 36.4 Å². The molecular formula is C20H28N2O3. The number of hydrogen-bond acceptors (Lipinski definition) is 3. The van der Waals surface area contributed by atoms with Crippen LogP contribution in [-0.2, 0) is 11.2 Å². The lowest BCUT2D eigenvalue weighted by Gasteiger charge is -2.59. The maximum absolute atomic E-state index is 12.4. The van der Waals surface area contributed by atoms with E-state index in [1.807, 2.05) is 18.2 Å². The molecule has 1 aromatic carbocycles. The first kappa shape index (κ1) is 16.7. The number of amides is 2. The van der Waals surface area contributed by atoms with E-state index in [1.165, 1.54) is 5.56 Å². The van der Waals surface area contributed by atoms with Crippen LogP contribution in [0.1, 0.15) is 32.3 Å². The van der Waals surface area contributed by atoms with Gasteiger partial charge in [-0.1, -0.05) is 32.0 Å². The lowest BCUT2D eigenvalue weighted by molar-refractivity contribution is -0.189. The molecule has 1 aliphatic carbocycles. The fourth-order valence-corrected chi connectivity index (χ4v) is 4.77. The SMILES string of the molecule is CC1(C)C(NC(=O)NCC2COc3ccccc3C2)C2CCCOC21. The molecule has 5 nitrogen and oxygen atoms in total. The van der Waals surface area contributed by atoms with Crippen LogP contribution in [0.5, 0.6) is 5.75 Å². The number of para-hydroxylation sites is 1. The van der Waals surface area contributed by atoms with Crippen molar-refractivity contribution in [3.63, 3.8) is 0 Å². The summed E-state index contributed by atoms with van der Waals surface area (Å²) in [5, 5.41) is 6.24. The third-order valence-electron chi connectivity index (χ3n) is 6.12. The smallest absolute Gasteiger partial charge is 0.315 e. The Morgan fingerprint density at radius 1 is 1.32 bits per heavy atom. The van der Waals surface area contributed by atoms with E-state index in [-0.39, 0.29) is 23.6 Å². The molecular weight excluding hydrogens is 316 g/mol. The van der Waals surface area contributed by atoms with Gasteiger partial charge in [-0.25, -0.2) is 4.79 Å². The first-order valence-corrected chi connectivity index (χ1v) is 9.42. The molecule has 1 saturated heterocycles. The molecule has 4 atom stereocenters. The van der Waals surface area contributed by atoms with Gasteiger partial charge < -0.3 is 20.1 Å². The summed E-state index contributed by atoms with van der Waals surface area (Å²) in [7, 11) is 0. The summed E-state index contributed by atoms with van der Waals surface area (Å²) in [5.74, 6) is 1.75. The molecule has 0 radical (unpaired) electrons. The van der Waals surface area contributed by atoms with E-state index in [4.69, 9.17) is 9.47 Å². The third kappa shape index (κ3) is 3.10. The second kappa shape index (κ2) is 6.52.